The first-order valence-electron chi connectivity index (χ1n) is 13.1. The monoisotopic (exact) mass is 564 g/mol. The van der Waals surface area contributed by atoms with Crippen LogP contribution in [0.1, 0.15) is 48.6 Å². The van der Waals surface area contributed by atoms with Crippen molar-refractivity contribution in [2.45, 2.75) is 51.5 Å². The molecular weight excluding hydrogens is 524 g/mol. The molecule has 1 fully saturated rings. The lowest BCUT2D eigenvalue weighted by atomic mass is 9.74. The summed E-state index contributed by atoms with van der Waals surface area (Å²) < 4.78 is 0. The number of urea groups is 1. The fourth-order valence-corrected chi connectivity index (χ4v) is 6.20. The Balaban J connectivity index is 0.000000580. The smallest absolute Gasteiger partial charge is 0.324 e. The second kappa shape index (κ2) is 14.8. The minimum absolute atomic E-state index is 0.0920. The molecule has 3 amide bonds. The first kappa shape index (κ1) is 32.0. The number of amides is 3. The Morgan fingerprint density at radius 3 is 2.33 bits per heavy atom. The molecule has 12 nitrogen and oxygen atoms in total. The van der Waals surface area contributed by atoms with Crippen LogP contribution in [0.15, 0.2) is 0 Å². The lowest BCUT2D eigenvalue weighted by Gasteiger charge is -2.45. The Bertz CT molecular complexity index is 1070. The van der Waals surface area contributed by atoms with Gasteiger partial charge in [0.1, 0.15) is 11.1 Å². The lowest BCUT2D eigenvalue weighted by Crippen LogP contribution is -2.55. The number of hydrogen-bond donors (Lipinski definition) is 4. The third-order valence-electron chi connectivity index (χ3n) is 6.99. The number of nitrogens with zero attached hydrogens (tertiary/aromatic N) is 4. The van der Waals surface area contributed by atoms with Gasteiger partial charge in [-0.2, -0.15) is 5.26 Å². The van der Waals surface area contributed by atoms with E-state index >= 15 is 0 Å². The van der Waals surface area contributed by atoms with Gasteiger partial charge in [-0.05, 0) is 58.3 Å². The van der Waals surface area contributed by atoms with Crippen molar-refractivity contribution in [3.63, 3.8) is 0 Å². The number of fused-ring (bicyclic) bond motifs is 2. The highest BCUT2D eigenvalue weighted by molar-refractivity contribution is 7.16. The van der Waals surface area contributed by atoms with Crippen LogP contribution >= 0.6 is 11.3 Å². The Morgan fingerprint density at radius 2 is 1.79 bits per heavy atom. The molecule has 0 saturated carbocycles. The van der Waals surface area contributed by atoms with Crippen LogP contribution in [0.25, 0.3) is 0 Å². The molecule has 1 aliphatic heterocycles. The Morgan fingerprint density at radius 1 is 1.15 bits per heavy atom. The number of hydrogen-bond acceptors (Lipinski definition) is 9. The summed E-state index contributed by atoms with van der Waals surface area (Å²) in [5.41, 5.74) is 7.75. The van der Waals surface area contributed by atoms with Crippen LogP contribution in [-0.4, -0.2) is 102 Å². The van der Waals surface area contributed by atoms with Gasteiger partial charge >= 0.3 is 18.0 Å². The lowest BCUT2D eigenvalue weighted by molar-refractivity contribution is -0.143. The minimum Gasteiger partial charge on any atom is -0.481 e. The molecule has 1 saturated heterocycles. The topological polar surface area (TPSA) is 180 Å². The van der Waals surface area contributed by atoms with E-state index in [1.54, 1.807) is 0 Å². The zero-order chi connectivity index (χ0) is 29.3. The summed E-state index contributed by atoms with van der Waals surface area (Å²) in [7, 11) is 5.96. The van der Waals surface area contributed by atoms with Gasteiger partial charge < -0.3 is 31.1 Å². The summed E-state index contributed by atoms with van der Waals surface area (Å²) in [6.07, 6.45) is 2.51. The molecule has 0 aromatic carbocycles. The normalized spacial score (nSPS) is 20.1. The number of carbonyl (C=O) groups excluding carboxylic acids is 2. The van der Waals surface area contributed by atoms with E-state index in [9.17, 15) is 24.4 Å². The summed E-state index contributed by atoms with van der Waals surface area (Å²) in [5.74, 6) is -2.19. The third kappa shape index (κ3) is 8.91. The molecule has 3 rings (SSSR count). The van der Waals surface area contributed by atoms with Gasteiger partial charge in [-0.1, -0.05) is 6.92 Å². The number of thiophene rings is 1. The zero-order valence-corrected chi connectivity index (χ0v) is 23.9. The first-order chi connectivity index (χ1) is 18.4. The number of anilines is 1. The number of imide groups is 1. The predicted octanol–water partition coefficient (Wildman–Crippen LogP) is 1.68. The molecule has 2 heterocycles. The number of likely N-dealkylation sites (N-methyl/N-ethyl adjacent to an activating group) is 2. The Labute approximate surface area is 233 Å². The summed E-state index contributed by atoms with van der Waals surface area (Å²) in [4.78, 5) is 52.2. The van der Waals surface area contributed by atoms with E-state index in [0.29, 0.717) is 36.2 Å². The Hall–Kier alpha value is -3.21. The molecule has 1 aromatic rings. The van der Waals surface area contributed by atoms with Gasteiger partial charge in [0.25, 0.3) is 0 Å². The second-order valence-corrected chi connectivity index (χ2v) is 11.4. The number of aliphatic carboxylic acids is 2. The van der Waals surface area contributed by atoms with E-state index in [4.69, 9.17) is 15.9 Å². The van der Waals surface area contributed by atoms with Gasteiger partial charge in [-0.15, -0.1) is 11.3 Å². The van der Waals surface area contributed by atoms with E-state index in [1.807, 2.05) is 25.9 Å². The number of nitrogen functional groups attached to an aromatic ring is 1. The average molecular weight is 565 g/mol. The van der Waals surface area contributed by atoms with E-state index in [-0.39, 0.29) is 36.6 Å². The van der Waals surface area contributed by atoms with Crippen molar-refractivity contribution in [1.29, 1.82) is 5.26 Å². The molecular formula is C26H40N6O6S. The van der Waals surface area contributed by atoms with E-state index < -0.39 is 11.9 Å². The molecule has 2 aliphatic rings. The molecule has 13 heteroatoms. The number of nitrogens with one attached hydrogen (secondary N) is 1. The summed E-state index contributed by atoms with van der Waals surface area (Å²) >= 11 is 1.53. The molecule has 0 unspecified atom stereocenters. The summed E-state index contributed by atoms with van der Waals surface area (Å²) in [5, 5.41) is 28.8. The van der Waals surface area contributed by atoms with Crippen molar-refractivity contribution < 1.29 is 29.4 Å². The number of likely N-dealkylation sites (tertiary alicyclic amines) is 1. The van der Waals surface area contributed by atoms with E-state index in [2.05, 4.69) is 23.3 Å². The SMILES string of the molecule is CCCN(C(=O)NCCN(C)C)C(=O)[C@@H]1C[C@@H]2Cc3c(sc(N)c3C#N)C[C@H]2N(C)C1.O=C(O)CCC(=O)O. The van der Waals surface area contributed by atoms with Gasteiger partial charge in [-0.25, -0.2) is 4.79 Å². The highest BCUT2D eigenvalue weighted by Gasteiger charge is 2.43. The molecule has 0 radical (unpaired) electrons. The number of piperidine rings is 1. The quantitative estimate of drug-likeness (QED) is 0.345. The molecule has 5 N–H and O–H groups in total. The van der Waals surface area contributed by atoms with Crippen molar-refractivity contribution >= 4 is 40.2 Å². The van der Waals surface area contributed by atoms with Gasteiger partial charge in [0.2, 0.25) is 5.91 Å². The maximum absolute atomic E-state index is 13.4. The number of nitriles is 1. The van der Waals surface area contributed by atoms with Crippen molar-refractivity contribution in [3.8, 4) is 6.07 Å². The molecule has 216 valence electrons. The van der Waals surface area contributed by atoms with Crippen LogP contribution in [-0.2, 0) is 27.2 Å². The number of carboxylic acids is 2. The molecule has 0 bridgehead atoms. The van der Waals surface area contributed by atoms with Crippen molar-refractivity contribution in [1.82, 2.24) is 20.0 Å². The maximum atomic E-state index is 13.4. The number of rotatable bonds is 9. The van der Waals surface area contributed by atoms with Crippen molar-refractivity contribution in [3.05, 3.63) is 16.0 Å². The highest BCUT2D eigenvalue weighted by Crippen LogP contribution is 2.43. The maximum Gasteiger partial charge on any atom is 0.324 e. The molecule has 0 spiro atoms. The standard InChI is InChI=1S/C22H34N6O2S.C4H6O4/c1-5-7-28(22(30)25-6-8-26(2)3)21(29)15-9-14-10-16-17(12-23)20(24)31-19(16)11-18(14)27(4)13-15;5-3(6)1-2-4(7)8/h14-15,18H,5-11,13,24H2,1-4H3,(H,25,30);1-2H2,(H,5,6)(H,7,8)/t14-,15-,18-;/m1./s1. The largest absolute Gasteiger partial charge is 0.481 e. The fourth-order valence-electron chi connectivity index (χ4n) is 5.10. The average Bonchev–Trinajstić information content (AvgIpc) is 3.18. The van der Waals surface area contributed by atoms with Gasteiger partial charge in [0, 0.05) is 37.1 Å². The van der Waals surface area contributed by atoms with Crippen LogP contribution < -0.4 is 11.1 Å². The number of carbonyl (C=O) groups is 4. The van der Waals surface area contributed by atoms with Crippen LogP contribution in [0.4, 0.5) is 9.80 Å². The van der Waals surface area contributed by atoms with Gasteiger partial charge in [-0.3, -0.25) is 19.3 Å². The minimum atomic E-state index is -1.08. The van der Waals surface area contributed by atoms with Gasteiger partial charge in [0.15, 0.2) is 0 Å². The van der Waals surface area contributed by atoms with Crippen molar-refractivity contribution in [2.24, 2.45) is 11.8 Å². The van der Waals surface area contributed by atoms with Crippen LogP contribution in [0.2, 0.25) is 0 Å². The number of nitrogens with two attached hydrogens (primary N) is 1. The first-order valence-corrected chi connectivity index (χ1v) is 13.9. The molecule has 39 heavy (non-hydrogen) atoms. The zero-order valence-electron chi connectivity index (χ0n) is 23.1. The number of carboxylic acid groups (broad SMARTS) is 2. The van der Waals surface area contributed by atoms with Crippen LogP contribution in [0, 0.1) is 23.2 Å². The second-order valence-electron chi connectivity index (χ2n) is 10.3. The molecule has 1 aromatic heterocycles. The van der Waals surface area contributed by atoms with Crippen LogP contribution in [0.5, 0.6) is 0 Å². The highest BCUT2D eigenvalue weighted by atomic mass is 32.1. The van der Waals surface area contributed by atoms with Crippen molar-refractivity contribution in [2.75, 3.05) is 53.1 Å². The predicted molar refractivity (Wildman–Crippen MR) is 147 cm³/mol. The molecule has 3 atom stereocenters. The molecule has 1 aliphatic carbocycles. The summed E-state index contributed by atoms with van der Waals surface area (Å²) in [6.45, 7) is 4.28. The van der Waals surface area contributed by atoms with E-state index in [1.165, 1.54) is 21.1 Å². The fraction of sp³-hybridized carbons (Fsp3) is 0.654. The van der Waals surface area contributed by atoms with Gasteiger partial charge in [0.05, 0.1) is 24.3 Å². The Kier molecular flexibility index (Phi) is 12.2. The van der Waals surface area contributed by atoms with E-state index in [0.717, 1.165) is 37.8 Å². The third-order valence-corrected chi connectivity index (χ3v) is 8.08. The van der Waals surface area contributed by atoms with Crippen LogP contribution in [0.3, 0.4) is 0 Å². The summed E-state index contributed by atoms with van der Waals surface area (Å²) in [6, 6.07) is 2.30.